The van der Waals surface area contributed by atoms with Crippen LogP contribution in [0.2, 0.25) is 0 Å². The number of piperazine rings is 1. The van der Waals surface area contributed by atoms with Crippen molar-refractivity contribution in [2.45, 2.75) is 37.6 Å². The van der Waals surface area contributed by atoms with E-state index < -0.39 is 28.1 Å². The molecule has 27 heavy (non-hydrogen) atoms. The summed E-state index contributed by atoms with van der Waals surface area (Å²) in [5, 5.41) is 2.16. The van der Waals surface area contributed by atoms with Crippen LogP contribution in [0.25, 0.3) is 0 Å². The number of alkyl carbamates (subject to hydrolysis) is 1. The molecule has 1 fully saturated rings. The van der Waals surface area contributed by atoms with E-state index in [0.717, 1.165) is 10.5 Å². The lowest BCUT2D eigenvalue weighted by Gasteiger charge is -2.34. The molecule has 0 spiro atoms. The van der Waals surface area contributed by atoms with Crippen LogP contribution in [0.15, 0.2) is 29.2 Å². The van der Waals surface area contributed by atoms with Crippen LogP contribution in [0, 0.1) is 0 Å². The Morgan fingerprint density at radius 1 is 1.11 bits per heavy atom. The van der Waals surface area contributed by atoms with Gasteiger partial charge >= 0.3 is 6.09 Å². The third-order valence-corrected chi connectivity index (χ3v) is 6.88. The summed E-state index contributed by atoms with van der Waals surface area (Å²) < 4.78 is 31.6. The van der Waals surface area contributed by atoms with Gasteiger partial charge in [-0.3, -0.25) is 10.1 Å². The van der Waals surface area contributed by atoms with Crippen molar-refractivity contribution in [3.8, 4) is 0 Å². The Balaban J connectivity index is 1.99. The standard InChI is InChI=1S/C18H27N3O5S/c1-13(2)15-5-7-16(8-6-15)27(24,25)21-11-9-20(10-12-21)14(3)17(22)19-18(23)26-4/h5-8,13-14H,9-12H2,1-4H3,(H,19,22,23)/p+1/t14-/m1/s1. The molecule has 0 unspecified atom stereocenters. The first-order valence-electron chi connectivity index (χ1n) is 9.00. The number of carbonyl (C=O) groups is 2. The van der Waals surface area contributed by atoms with Crippen LogP contribution in [0.4, 0.5) is 4.79 Å². The van der Waals surface area contributed by atoms with Crippen molar-refractivity contribution in [2.24, 2.45) is 0 Å². The highest BCUT2D eigenvalue weighted by molar-refractivity contribution is 7.89. The molecule has 1 aliphatic rings. The summed E-state index contributed by atoms with van der Waals surface area (Å²) in [7, 11) is -2.36. The van der Waals surface area contributed by atoms with Crippen molar-refractivity contribution >= 4 is 22.0 Å². The summed E-state index contributed by atoms with van der Waals surface area (Å²) in [6.07, 6.45) is -0.794. The lowest BCUT2D eigenvalue weighted by atomic mass is 10.0. The second-order valence-electron chi connectivity index (χ2n) is 6.99. The quantitative estimate of drug-likeness (QED) is 0.726. The molecular weight excluding hydrogens is 370 g/mol. The SMILES string of the molecule is COC(=O)NC(=O)[C@@H](C)[NH+]1CCN(S(=O)(=O)c2ccc(C(C)C)cc2)CC1. The highest BCUT2D eigenvalue weighted by Gasteiger charge is 2.34. The maximum absolute atomic E-state index is 12.8. The molecule has 1 aromatic carbocycles. The minimum Gasteiger partial charge on any atom is -0.453 e. The molecule has 1 heterocycles. The molecule has 8 nitrogen and oxygen atoms in total. The van der Waals surface area contributed by atoms with Gasteiger partial charge in [0, 0.05) is 0 Å². The number of carbonyl (C=O) groups excluding carboxylic acids is 2. The zero-order valence-corrected chi connectivity index (χ0v) is 17.0. The predicted molar refractivity (Wildman–Crippen MR) is 100.0 cm³/mol. The van der Waals surface area contributed by atoms with E-state index in [1.807, 2.05) is 12.1 Å². The highest BCUT2D eigenvalue weighted by Crippen LogP contribution is 2.20. The van der Waals surface area contributed by atoms with Crippen LogP contribution >= 0.6 is 0 Å². The second-order valence-corrected chi connectivity index (χ2v) is 8.93. The maximum Gasteiger partial charge on any atom is 0.413 e. The van der Waals surface area contributed by atoms with Gasteiger partial charge in [0.1, 0.15) is 0 Å². The molecule has 0 aromatic heterocycles. The molecule has 0 saturated carbocycles. The summed E-state index contributed by atoms with van der Waals surface area (Å²) in [6.45, 7) is 7.44. The average Bonchev–Trinajstić information content (AvgIpc) is 2.67. The molecule has 1 aliphatic heterocycles. The lowest BCUT2D eigenvalue weighted by Crippen LogP contribution is -3.19. The molecule has 0 aliphatic carbocycles. The molecule has 2 amide bonds. The van der Waals surface area contributed by atoms with Crippen LogP contribution < -0.4 is 10.2 Å². The van der Waals surface area contributed by atoms with Gasteiger partial charge in [-0.25, -0.2) is 13.2 Å². The summed E-state index contributed by atoms with van der Waals surface area (Å²) >= 11 is 0. The Kier molecular flexibility index (Phi) is 6.96. The zero-order valence-electron chi connectivity index (χ0n) is 16.2. The van der Waals surface area contributed by atoms with E-state index in [1.165, 1.54) is 11.4 Å². The van der Waals surface area contributed by atoms with E-state index in [-0.39, 0.29) is 4.90 Å². The van der Waals surface area contributed by atoms with Crippen LogP contribution in [-0.4, -0.2) is 64.1 Å². The Labute approximate surface area is 160 Å². The van der Waals surface area contributed by atoms with Gasteiger partial charge in [-0.05, 0) is 30.5 Å². The predicted octanol–water partition coefficient (Wildman–Crippen LogP) is -0.0297. The number of ether oxygens (including phenoxy) is 1. The van der Waals surface area contributed by atoms with E-state index in [1.54, 1.807) is 19.1 Å². The second kappa shape index (κ2) is 8.81. The minimum atomic E-state index is -3.55. The van der Waals surface area contributed by atoms with Crippen molar-refractivity contribution in [1.29, 1.82) is 0 Å². The van der Waals surface area contributed by atoms with Gasteiger partial charge in [0.25, 0.3) is 5.91 Å². The Morgan fingerprint density at radius 2 is 1.67 bits per heavy atom. The topological polar surface area (TPSA) is 97.2 Å². The van der Waals surface area contributed by atoms with Gasteiger partial charge in [0.05, 0.1) is 38.2 Å². The molecule has 150 valence electrons. The van der Waals surface area contributed by atoms with Crippen molar-refractivity contribution < 1.29 is 27.6 Å². The number of imide groups is 1. The van der Waals surface area contributed by atoms with Crippen LogP contribution in [0.5, 0.6) is 0 Å². The number of quaternary nitrogens is 1. The van der Waals surface area contributed by atoms with Crippen LogP contribution in [-0.2, 0) is 19.6 Å². The first-order chi connectivity index (χ1) is 12.7. The molecule has 9 heteroatoms. The zero-order chi connectivity index (χ0) is 20.2. The Hall–Kier alpha value is -1.97. The number of nitrogens with zero attached hydrogens (tertiary/aromatic N) is 1. The highest BCUT2D eigenvalue weighted by atomic mass is 32.2. The fourth-order valence-corrected chi connectivity index (χ4v) is 4.51. The van der Waals surface area contributed by atoms with Crippen LogP contribution in [0.1, 0.15) is 32.3 Å². The number of rotatable bonds is 5. The van der Waals surface area contributed by atoms with Gasteiger partial charge in [-0.15, -0.1) is 0 Å². The molecule has 1 aromatic rings. The summed E-state index contributed by atoms with van der Waals surface area (Å²) in [5.41, 5.74) is 1.09. The first kappa shape index (κ1) is 21.3. The van der Waals surface area contributed by atoms with E-state index in [2.05, 4.69) is 23.9 Å². The first-order valence-corrected chi connectivity index (χ1v) is 10.4. The van der Waals surface area contributed by atoms with Gasteiger partial charge < -0.3 is 9.64 Å². The molecule has 0 bridgehead atoms. The van der Waals surface area contributed by atoms with E-state index >= 15 is 0 Å². The molecule has 1 atom stereocenters. The normalized spacial score (nSPS) is 17.5. The molecule has 0 radical (unpaired) electrons. The van der Waals surface area contributed by atoms with Crippen molar-refractivity contribution in [3.63, 3.8) is 0 Å². The Bertz CT molecular complexity index is 769. The van der Waals surface area contributed by atoms with Gasteiger partial charge in [0.15, 0.2) is 6.04 Å². The van der Waals surface area contributed by atoms with Crippen molar-refractivity contribution in [3.05, 3.63) is 29.8 Å². The number of sulfonamides is 1. The van der Waals surface area contributed by atoms with E-state index in [0.29, 0.717) is 32.1 Å². The number of benzene rings is 1. The molecule has 2 N–H and O–H groups in total. The van der Waals surface area contributed by atoms with E-state index in [4.69, 9.17) is 0 Å². The molecular formula is C18H28N3O5S+. The molecule has 2 rings (SSSR count). The van der Waals surface area contributed by atoms with Gasteiger partial charge in [-0.2, -0.15) is 4.31 Å². The van der Waals surface area contributed by atoms with E-state index in [9.17, 15) is 18.0 Å². The van der Waals surface area contributed by atoms with Gasteiger partial charge in [-0.1, -0.05) is 26.0 Å². The minimum absolute atomic E-state index is 0.284. The average molecular weight is 399 g/mol. The fourth-order valence-electron chi connectivity index (χ4n) is 3.07. The fraction of sp³-hybridized carbons (Fsp3) is 0.556. The summed E-state index contributed by atoms with van der Waals surface area (Å²) in [5.74, 6) is -0.0936. The van der Waals surface area contributed by atoms with Crippen LogP contribution in [0.3, 0.4) is 0 Å². The third-order valence-electron chi connectivity index (χ3n) is 4.97. The number of amides is 2. The number of methoxy groups -OCH3 is 1. The maximum atomic E-state index is 12.8. The number of nitrogens with one attached hydrogen (secondary N) is 2. The Morgan fingerprint density at radius 3 is 2.15 bits per heavy atom. The number of hydrogen-bond acceptors (Lipinski definition) is 5. The van der Waals surface area contributed by atoms with Gasteiger partial charge in [0.2, 0.25) is 10.0 Å². The largest absolute Gasteiger partial charge is 0.453 e. The van der Waals surface area contributed by atoms with Crippen molar-refractivity contribution in [1.82, 2.24) is 9.62 Å². The van der Waals surface area contributed by atoms with Crippen molar-refractivity contribution in [2.75, 3.05) is 33.3 Å². The monoisotopic (exact) mass is 398 g/mol. The number of hydrogen-bond donors (Lipinski definition) is 2. The smallest absolute Gasteiger partial charge is 0.413 e. The lowest BCUT2D eigenvalue weighted by molar-refractivity contribution is -0.917. The summed E-state index contributed by atoms with van der Waals surface area (Å²) in [4.78, 5) is 24.4. The summed E-state index contributed by atoms with van der Waals surface area (Å²) in [6, 6.07) is 6.52. The third kappa shape index (κ3) is 5.06. The molecule has 1 saturated heterocycles.